The molecule has 3 rings (SSSR count). The van der Waals surface area contributed by atoms with E-state index >= 15 is 0 Å². The number of ether oxygens (including phenoxy) is 1. The van der Waals surface area contributed by atoms with Crippen molar-refractivity contribution >= 4 is 27.8 Å². The molecule has 0 radical (unpaired) electrons. The smallest absolute Gasteiger partial charge is 0.387 e. The molecule has 140 valence electrons. The van der Waals surface area contributed by atoms with Crippen molar-refractivity contribution in [1.29, 1.82) is 0 Å². The van der Waals surface area contributed by atoms with Gasteiger partial charge in [-0.3, -0.25) is 10.1 Å². The predicted octanol–water partition coefficient (Wildman–Crippen LogP) is 4.04. The van der Waals surface area contributed by atoms with Crippen LogP contribution in [0.1, 0.15) is 18.5 Å². The molecule has 1 N–H and O–H groups in total. The lowest BCUT2D eigenvalue weighted by atomic mass is 10.0. The lowest BCUT2D eigenvalue weighted by Gasteiger charge is -2.34. The largest absolute Gasteiger partial charge is 0.427 e. The van der Waals surface area contributed by atoms with Gasteiger partial charge < -0.3 is 15.0 Å². The second-order valence-corrected chi connectivity index (χ2v) is 6.85. The Labute approximate surface area is 152 Å². The summed E-state index contributed by atoms with van der Waals surface area (Å²) in [5, 5.41) is 17.2. The molecule has 26 heavy (non-hydrogen) atoms. The fraction of sp³-hybridized carbons (Fsp3) is 0.438. The first-order chi connectivity index (χ1) is 12.4. The fourth-order valence-corrected chi connectivity index (χ4v) is 3.68. The van der Waals surface area contributed by atoms with Gasteiger partial charge in [-0.05, 0) is 25.8 Å². The molecular weight excluding hydrogens is 366 g/mol. The number of halogens is 2. The van der Waals surface area contributed by atoms with Crippen LogP contribution in [-0.4, -0.2) is 35.7 Å². The van der Waals surface area contributed by atoms with Gasteiger partial charge in [0.2, 0.25) is 5.75 Å². The molecule has 1 fully saturated rings. The number of hydrogen-bond acceptors (Lipinski definition) is 7. The third-order valence-corrected chi connectivity index (χ3v) is 5.05. The quantitative estimate of drug-likeness (QED) is 0.598. The van der Waals surface area contributed by atoms with Gasteiger partial charge in [0, 0.05) is 42.3 Å². The zero-order valence-electron chi connectivity index (χ0n) is 14.0. The maximum atomic E-state index is 12.5. The lowest BCUT2D eigenvalue weighted by molar-refractivity contribution is -0.386. The predicted molar refractivity (Wildman–Crippen MR) is 95.4 cm³/mol. The summed E-state index contributed by atoms with van der Waals surface area (Å²) < 4.78 is 29.4. The van der Waals surface area contributed by atoms with Crippen LogP contribution in [0.25, 0.3) is 0 Å². The molecule has 2 aromatic rings. The molecule has 1 saturated heterocycles. The van der Waals surface area contributed by atoms with Crippen molar-refractivity contribution in [2.24, 2.45) is 0 Å². The van der Waals surface area contributed by atoms with Crippen LogP contribution in [-0.2, 0) is 0 Å². The van der Waals surface area contributed by atoms with E-state index in [9.17, 15) is 18.9 Å². The molecule has 7 nitrogen and oxygen atoms in total. The Balaban J connectivity index is 1.65. The van der Waals surface area contributed by atoms with Crippen LogP contribution >= 0.6 is 11.3 Å². The molecule has 1 aromatic carbocycles. The Kier molecular flexibility index (Phi) is 5.50. The molecule has 0 amide bonds. The van der Waals surface area contributed by atoms with Crippen LogP contribution in [0.5, 0.6) is 5.75 Å². The molecule has 0 saturated carbocycles. The van der Waals surface area contributed by atoms with E-state index in [-0.39, 0.29) is 6.04 Å². The number of aromatic nitrogens is 1. The molecule has 1 aliphatic rings. The van der Waals surface area contributed by atoms with Crippen molar-refractivity contribution in [2.75, 3.05) is 23.3 Å². The second kappa shape index (κ2) is 7.81. The molecule has 0 bridgehead atoms. The summed E-state index contributed by atoms with van der Waals surface area (Å²) in [5.41, 5.74) is 1.15. The van der Waals surface area contributed by atoms with Gasteiger partial charge in [-0.1, -0.05) is 0 Å². The number of benzene rings is 1. The highest BCUT2D eigenvalue weighted by molar-refractivity contribution is 7.13. The van der Waals surface area contributed by atoms with E-state index in [1.165, 1.54) is 12.1 Å². The van der Waals surface area contributed by atoms with Gasteiger partial charge in [0.05, 0.1) is 10.6 Å². The third kappa shape index (κ3) is 4.37. The summed E-state index contributed by atoms with van der Waals surface area (Å²) in [6.45, 7) is 0.237. The van der Waals surface area contributed by atoms with Crippen molar-refractivity contribution in [2.45, 2.75) is 32.4 Å². The number of piperidine rings is 1. The zero-order chi connectivity index (χ0) is 18.7. The summed E-state index contributed by atoms with van der Waals surface area (Å²) in [5.74, 6) is -0.416. The summed E-state index contributed by atoms with van der Waals surface area (Å²) in [6.07, 6.45) is 1.70. The van der Waals surface area contributed by atoms with Crippen molar-refractivity contribution in [3.63, 3.8) is 0 Å². The van der Waals surface area contributed by atoms with Gasteiger partial charge in [-0.25, -0.2) is 4.98 Å². The number of aryl methyl sites for hydroxylation is 1. The molecular formula is C16H18F2N4O3S. The van der Waals surface area contributed by atoms with Gasteiger partial charge in [0.25, 0.3) is 0 Å². The van der Waals surface area contributed by atoms with Crippen LogP contribution in [0.15, 0.2) is 23.6 Å². The summed E-state index contributed by atoms with van der Waals surface area (Å²) >= 11 is 1.57. The highest BCUT2D eigenvalue weighted by atomic mass is 32.1. The number of anilines is 2. The van der Waals surface area contributed by atoms with E-state index in [1.807, 2.05) is 17.2 Å². The number of rotatable bonds is 6. The van der Waals surface area contributed by atoms with Crippen LogP contribution in [0.2, 0.25) is 0 Å². The average Bonchev–Trinajstić information content (AvgIpc) is 2.99. The van der Waals surface area contributed by atoms with Gasteiger partial charge >= 0.3 is 12.3 Å². The Morgan fingerprint density at radius 1 is 1.42 bits per heavy atom. The molecule has 10 heteroatoms. The van der Waals surface area contributed by atoms with Crippen molar-refractivity contribution < 1.29 is 18.4 Å². The first kappa shape index (κ1) is 18.3. The summed E-state index contributed by atoms with van der Waals surface area (Å²) in [6, 6.07) is 4.36. The number of nitro benzene ring substituents is 1. The lowest BCUT2D eigenvalue weighted by Crippen LogP contribution is -2.39. The number of alkyl halides is 2. The summed E-state index contributed by atoms with van der Waals surface area (Å²) in [4.78, 5) is 16.6. The van der Waals surface area contributed by atoms with Crippen molar-refractivity contribution in [1.82, 2.24) is 4.98 Å². The van der Waals surface area contributed by atoms with Gasteiger partial charge in [0.15, 0.2) is 5.13 Å². The minimum Gasteiger partial charge on any atom is -0.427 e. The molecule has 0 unspecified atom stereocenters. The van der Waals surface area contributed by atoms with E-state index in [4.69, 9.17) is 0 Å². The average molecular weight is 384 g/mol. The number of thiazole rings is 1. The molecule has 1 aromatic heterocycles. The Hall–Kier alpha value is -2.49. The van der Waals surface area contributed by atoms with Crippen molar-refractivity contribution in [3.05, 3.63) is 39.4 Å². The highest BCUT2D eigenvalue weighted by Crippen LogP contribution is 2.34. The number of hydrogen-bond donors (Lipinski definition) is 1. The topological polar surface area (TPSA) is 80.5 Å². The van der Waals surface area contributed by atoms with Gasteiger partial charge in [-0.15, -0.1) is 11.3 Å². The van der Waals surface area contributed by atoms with E-state index in [2.05, 4.69) is 15.0 Å². The highest BCUT2D eigenvalue weighted by Gasteiger charge is 2.24. The number of nitro groups is 1. The number of nitrogens with zero attached hydrogens (tertiary/aromatic N) is 3. The molecule has 0 aliphatic carbocycles. The van der Waals surface area contributed by atoms with Gasteiger partial charge in [-0.2, -0.15) is 8.78 Å². The standard InChI is InChI=1S/C16H18F2N4O3S/c1-10-9-26-16(19-10)20-11-4-6-21(7-5-11)12-2-3-13(22(23)24)14(8-12)25-15(17)18/h2-3,8-9,11,15H,4-7H2,1H3,(H,19,20). The van der Waals surface area contributed by atoms with Crippen LogP contribution < -0.4 is 15.0 Å². The van der Waals surface area contributed by atoms with E-state index in [0.717, 1.165) is 23.7 Å². The maximum absolute atomic E-state index is 12.5. The Morgan fingerprint density at radius 3 is 2.73 bits per heavy atom. The minimum atomic E-state index is -3.11. The molecule has 2 heterocycles. The molecule has 1 aliphatic heterocycles. The maximum Gasteiger partial charge on any atom is 0.387 e. The Morgan fingerprint density at radius 2 is 2.15 bits per heavy atom. The Bertz CT molecular complexity index is 779. The second-order valence-electron chi connectivity index (χ2n) is 5.99. The zero-order valence-corrected chi connectivity index (χ0v) is 14.8. The van der Waals surface area contributed by atoms with Crippen LogP contribution in [0, 0.1) is 17.0 Å². The molecule has 0 spiro atoms. The molecule has 0 atom stereocenters. The fourth-order valence-electron chi connectivity index (χ4n) is 2.92. The van der Waals surface area contributed by atoms with Crippen LogP contribution in [0.4, 0.5) is 25.3 Å². The van der Waals surface area contributed by atoms with E-state index < -0.39 is 23.0 Å². The van der Waals surface area contributed by atoms with E-state index in [0.29, 0.717) is 18.8 Å². The number of nitrogens with one attached hydrogen (secondary N) is 1. The minimum absolute atomic E-state index is 0.284. The van der Waals surface area contributed by atoms with Gasteiger partial charge in [0.1, 0.15) is 0 Å². The SMILES string of the molecule is Cc1csc(NC2CCN(c3ccc([N+](=O)[O-])c(OC(F)F)c3)CC2)n1. The third-order valence-electron chi connectivity index (χ3n) is 4.16. The first-order valence-corrected chi connectivity index (χ1v) is 8.97. The normalized spacial score (nSPS) is 15.3. The summed E-state index contributed by atoms with van der Waals surface area (Å²) in [7, 11) is 0. The van der Waals surface area contributed by atoms with Crippen LogP contribution in [0.3, 0.4) is 0 Å². The monoisotopic (exact) mass is 384 g/mol. The van der Waals surface area contributed by atoms with Crippen molar-refractivity contribution in [3.8, 4) is 5.75 Å². The first-order valence-electron chi connectivity index (χ1n) is 8.09. The van der Waals surface area contributed by atoms with E-state index in [1.54, 1.807) is 17.4 Å².